The molecule has 0 saturated heterocycles. The first-order valence-electron chi connectivity index (χ1n) is 6.58. The average molecular weight is 286 g/mol. The van der Waals surface area contributed by atoms with Crippen molar-refractivity contribution < 1.29 is 13.2 Å². The van der Waals surface area contributed by atoms with Crippen molar-refractivity contribution in [2.45, 2.75) is 51.6 Å². The van der Waals surface area contributed by atoms with Crippen molar-refractivity contribution in [3.05, 3.63) is 11.8 Å². The molecule has 0 radical (unpaired) electrons. The van der Waals surface area contributed by atoms with Crippen LogP contribution < -0.4 is 0 Å². The van der Waals surface area contributed by atoms with Crippen LogP contribution in [0, 0.1) is 5.92 Å². The smallest absolute Gasteiger partial charge is 0.196 e. The first kappa shape index (κ1) is 15.9. The largest absolute Gasteiger partial charge is 0.298 e. The van der Waals surface area contributed by atoms with Gasteiger partial charge in [-0.2, -0.15) is 5.10 Å². The Morgan fingerprint density at radius 2 is 2.00 bits per heavy atom. The lowest BCUT2D eigenvalue weighted by atomic mass is 10.2. The third-order valence-electron chi connectivity index (χ3n) is 3.17. The standard InChI is InChI=1S/C13H22N2O3S/c1-5-11(4)15-13(12(9-16)8-14-15)19(17,18)7-6-10(2)3/h8-11H,5-7H2,1-4H3. The average Bonchev–Trinajstić information content (AvgIpc) is 2.80. The van der Waals surface area contributed by atoms with E-state index in [0.29, 0.717) is 18.6 Å². The summed E-state index contributed by atoms with van der Waals surface area (Å²) in [6, 6.07) is -0.0440. The number of aromatic nitrogens is 2. The zero-order chi connectivity index (χ0) is 14.6. The second-order valence-electron chi connectivity index (χ2n) is 5.23. The van der Waals surface area contributed by atoms with E-state index in [-0.39, 0.29) is 22.4 Å². The summed E-state index contributed by atoms with van der Waals surface area (Å²) >= 11 is 0. The lowest BCUT2D eigenvalue weighted by Gasteiger charge is -2.15. The van der Waals surface area contributed by atoms with Gasteiger partial charge in [-0.25, -0.2) is 8.42 Å². The molecule has 19 heavy (non-hydrogen) atoms. The molecular formula is C13H22N2O3S. The van der Waals surface area contributed by atoms with E-state index in [1.54, 1.807) is 0 Å². The van der Waals surface area contributed by atoms with E-state index in [2.05, 4.69) is 5.10 Å². The maximum atomic E-state index is 12.4. The fourth-order valence-corrected chi connectivity index (χ4v) is 3.69. The predicted octanol–water partition coefficient (Wildman–Crippen LogP) is 2.49. The van der Waals surface area contributed by atoms with Crippen molar-refractivity contribution in [2.24, 2.45) is 5.92 Å². The number of nitrogens with zero attached hydrogens (tertiary/aromatic N) is 2. The molecule has 0 saturated carbocycles. The molecular weight excluding hydrogens is 264 g/mol. The molecule has 1 unspecified atom stereocenters. The van der Waals surface area contributed by atoms with Crippen LogP contribution in [0.4, 0.5) is 0 Å². The Kier molecular flexibility index (Phi) is 5.29. The van der Waals surface area contributed by atoms with Gasteiger partial charge in [-0.3, -0.25) is 9.48 Å². The molecule has 0 amide bonds. The summed E-state index contributed by atoms with van der Waals surface area (Å²) in [6.07, 6.45) is 3.23. The second-order valence-corrected chi connectivity index (χ2v) is 7.25. The highest BCUT2D eigenvalue weighted by Gasteiger charge is 2.26. The fraction of sp³-hybridized carbons (Fsp3) is 0.692. The minimum absolute atomic E-state index is 0.0440. The molecule has 0 aliphatic rings. The Morgan fingerprint density at radius 1 is 1.37 bits per heavy atom. The summed E-state index contributed by atoms with van der Waals surface area (Å²) in [5, 5.41) is 4.12. The predicted molar refractivity (Wildman–Crippen MR) is 74.1 cm³/mol. The number of carbonyl (C=O) groups excluding carboxylic acids is 1. The van der Waals surface area contributed by atoms with Crippen LogP contribution >= 0.6 is 0 Å². The van der Waals surface area contributed by atoms with Gasteiger partial charge in [-0.15, -0.1) is 0 Å². The number of sulfone groups is 1. The van der Waals surface area contributed by atoms with Gasteiger partial charge in [0.15, 0.2) is 21.1 Å². The van der Waals surface area contributed by atoms with E-state index in [1.807, 2.05) is 27.7 Å². The maximum absolute atomic E-state index is 12.4. The van der Waals surface area contributed by atoms with Gasteiger partial charge in [0.2, 0.25) is 0 Å². The Morgan fingerprint density at radius 3 is 2.47 bits per heavy atom. The van der Waals surface area contributed by atoms with E-state index in [4.69, 9.17) is 0 Å². The van der Waals surface area contributed by atoms with Crippen LogP contribution in [-0.2, 0) is 9.84 Å². The summed E-state index contributed by atoms with van der Waals surface area (Å²) in [4.78, 5) is 11.0. The molecule has 1 atom stereocenters. The molecule has 1 rings (SSSR count). The molecule has 1 heterocycles. The van der Waals surface area contributed by atoms with Gasteiger partial charge in [-0.1, -0.05) is 20.8 Å². The minimum Gasteiger partial charge on any atom is -0.298 e. The molecule has 0 aromatic carbocycles. The van der Waals surface area contributed by atoms with E-state index in [0.717, 1.165) is 6.42 Å². The highest BCUT2D eigenvalue weighted by atomic mass is 32.2. The quantitative estimate of drug-likeness (QED) is 0.722. The normalized spacial score (nSPS) is 13.7. The van der Waals surface area contributed by atoms with Gasteiger partial charge < -0.3 is 0 Å². The highest BCUT2D eigenvalue weighted by Crippen LogP contribution is 2.22. The third-order valence-corrected chi connectivity index (χ3v) is 4.96. The lowest BCUT2D eigenvalue weighted by Crippen LogP contribution is -2.18. The van der Waals surface area contributed by atoms with Crippen LogP contribution in [0.3, 0.4) is 0 Å². The number of aldehydes is 1. The van der Waals surface area contributed by atoms with Gasteiger partial charge in [0.25, 0.3) is 0 Å². The van der Waals surface area contributed by atoms with Gasteiger partial charge >= 0.3 is 0 Å². The molecule has 0 aliphatic carbocycles. The monoisotopic (exact) mass is 286 g/mol. The maximum Gasteiger partial charge on any atom is 0.196 e. The van der Waals surface area contributed by atoms with Gasteiger partial charge in [0, 0.05) is 0 Å². The Labute approximate surface area is 114 Å². The minimum atomic E-state index is -3.47. The fourth-order valence-electron chi connectivity index (χ4n) is 1.74. The van der Waals surface area contributed by atoms with Crippen LogP contribution in [0.5, 0.6) is 0 Å². The van der Waals surface area contributed by atoms with Gasteiger partial charge in [0.1, 0.15) is 0 Å². The number of carbonyl (C=O) groups is 1. The molecule has 0 bridgehead atoms. The van der Waals surface area contributed by atoms with Crippen molar-refractivity contribution in [3.8, 4) is 0 Å². The number of hydrogen-bond acceptors (Lipinski definition) is 4. The molecule has 0 fully saturated rings. The Bertz CT molecular complexity index is 532. The van der Waals surface area contributed by atoms with E-state index in [1.165, 1.54) is 10.9 Å². The third kappa shape index (κ3) is 3.65. The van der Waals surface area contributed by atoms with Crippen LogP contribution in [0.25, 0.3) is 0 Å². The molecule has 0 spiro atoms. The molecule has 0 N–H and O–H groups in total. The van der Waals surface area contributed by atoms with Gasteiger partial charge in [0.05, 0.1) is 23.6 Å². The van der Waals surface area contributed by atoms with Crippen LogP contribution in [0.1, 0.15) is 56.9 Å². The summed E-state index contributed by atoms with van der Waals surface area (Å²) in [6.45, 7) is 7.80. The zero-order valence-electron chi connectivity index (χ0n) is 12.0. The molecule has 108 valence electrons. The summed E-state index contributed by atoms with van der Waals surface area (Å²) in [7, 11) is -3.47. The lowest BCUT2D eigenvalue weighted by molar-refractivity contribution is 0.112. The molecule has 1 aromatic heterocycles. The molecule has 5 nitrogen and oxygen atoms in total. The van der Waals surface area contributed by atoms with E-state index < -0.39 is 9.84 Å². The molecule has 1 aromatic rings. The first-order valence-corrected chi connectivity index (χ1v) is 8.24. The van der Waals surface area contributed by atoms with Gasteiger partial charge in [-0.05, 0) is 25.7 Å². The van der Waals surface area contributed by atoms with Crippen LogP contribution in [-0.4, -0.2) is 30.2 Å². The number of hydrogen-bond donors (Lipinski definition) is 0. The van der Waals surface area contributed by atoms with Crippen molar-refractivity contribution in [3.63, 3.8) is 0 Å². The van der Waals surface area contributed by atoms with Crippen LogP contribution in [0.2, 0.25) is 0 Å². The molecule has 0 aliphatic heterocycles. The first-order chi connectivity index (χ1) is 8.83. The Hall–Kier alpha value is -1.17. The highest BCUT2D eigenvalue weighted by molar-refractivity contribution is 7.91. The summed E-state index contributed by atoms with van der Waals surface area (Å²) in [5.41, 5.74) is 0.157. The van der Waals surface area contributed by atoms with Crippen molar-refractivity contribution in [2.75, 3.05) is 5.75 Å². The van der Waals surface area contributed by atoms with E-state index >= 15 is 0 Å². The zero-order valence-corrected chi connectivity index (χ0v) is 12.8. The summed E-state index contributed by atoms with van der Waals surface area (Å²) < 4.78 is 26.3. The van der Waals surface area contributed by atoms with Crippen LogP contribution in [0.15, 0.2) is 11.2 Å². The second kappa shape index (κ2) is 6.32. The summed E-state index contributed by atoms with van der Waals surface area (Å²) in [5.74, 6) is 0.350. The SMILES string of the molecule is CCC(C)n1ncc(C=O)c1S(=O)(=O)CCC(C)C. The Balaban J connectivity index is 3.23. The molecule has 6 heteroatoms. The number of rotatable bonds is 7. The van der Waals surface area contributed by atoms with Crippen molar-refractivity contribution in [1.29, 1.82) is 0 Å². The van der Waals surface area contributed by atoms with Crippen molar-refractivity contribution >= 4 is 16.1 Å². The topological polar surface area (TPSA) is 69.0 Å². The van der Waals surface area contributed by atoms with Crippen molar-refractivity contribution in [1.82, 2.24) is 9.78 Å². The van der Waals surface area contributed by atoms with E-state index in [9.17, 15) is 13.2 Å².